The molecule has 2 fully saturated rings. The summed E-state index contributed by atoms with van der Waals surface area (Å²) in [6, 6.07) is 3.04. The van der Waals surface area contributed by atoms with Crippen molar-refractivity contribution in [2.24, 2.45) is 11.8 Å². The van der Waals surface area contributed by atoms with Crippen molar-refractivity contribution in [3.63, 3.8) is 0 Å². The highest BCUT2D eigenvalue weighted by Gasteiger charge is 2.39. The van der Waals surface area contributed by atoms with Crippen LogP contribution in [-0.4, -0.2) is 60.8 Å². The van der Waals surface area contributed by atoms with E-state index in [0.29, 0.717) is 17.2 Å². The van der Waals surface area contributed by atoms with E-state index in [0.717, 1.165) is 24.2 Å². The molecule has 7 nitrogen and oxygen atoms in total. The topological polar surface area (TPSA) is 95.0 Å². The zero-order valence-electron chi connectivity index (χ0n) is 14.1. The fraction of sp³-hybridized carbons (Fsp3) is 0.625. The highest BCUT2D eigenvalue weighted by molar-refractivity contribution is 7.91. The number of carboxylic acid groups (broad SMARTS) is 1. The molecule has 0 spiro atoms. The van der Waals surface area contributed by atoms with Crippen molar-refractivity contribution in [3.05, 3.63) is 16.5 Å². The minimum absolute atomic E-state index is 0.159. The zero-order valence-corrected chi connectivity index (χ0v) is 16.5. The van der Waals surface area contributed by atoms with Crippen molar-refractivity contribution in [2.45, 2.75) is 29.9 Å². The first kappa shape index (κ1) is 19.6. The van der Waals surface area contributed by atoms with Gasteiger partial charge in [-0.05, 0) is 25.0 Å². The Labute approximate surface area is 161 Å². The SMILES string of the molecule is O=C(O)[C@H]1CCCC[C@@H]1C(=O)N1CCN(S(=O)(=O)c2ccc(Cl)s2)CC1. The predicted octanol–water partition coefficient (Wildman–Crippen LogP) is 2.13. The number of halogens is 1. The highest BCUT2D eigenvalue weighted by Crippen LogP contribution is 2.33. The molecule has 1 saturated heterocycles. The molecular weight excluding hydrogens is 400 g/mol. The maximum absolute atomic E-state index is 12.8. The van der Waals surface area contributed by atoms with Crippen molar-refractivity contribution in [1.29, 1.82) is 0 Å². The van der Waals surface area contributed by atoms with Crippen LogP contribution in [0.4, 0.5) is 0 Å². The molecule has 10 heteroatoms. The molecule has 0 aromatic carbocycles. The van der Waals surface area contributed by atoms with E-state index in [1.54, 1.807) is 11.0 Å². The minimum atomic E-state index is -3.60. The summed E-state index contributed by atoms with van der Waals surface area (Å²) in [5, 5.41) is 9.36. The summed E-state index contributed by atoms with van der Waals surface area (Å²) < 4.78 is 27.2. The van der Waals surface area contributed by atoms with Gasteiger partial charge in [0.15, 0.2) is 0 Å². The molecule has 144 valence electrons. The monoisotopic (exact) mass is 420 g/mol. The lowest BCUT2D eigenvalue weighted by Gasteiger charge is -2.37. The summed E-state index contributed by atoms with van der Waals surface area (Å²) in [7, 11) is -3.60. The number of amides is 1. The molecule has 2 aliphatic rings. The Morgan fingerprint density at radius 2 is 1.69 bits per heavy atom. The number of sulfonamides is 1. The maximum Gasteiger partial charge on any atom is 0.307 e. The van der Waals surface area contributed by atoms with Crippen molar-refractivity contribution in [3.8, 4) is 0 Å². The van der Waals surface area contributed by atoms with Crippen molar-refractivity contribution in [1.82, 2.24) is 9.21 Å². The van der Waals surface area contributed by atoms with Crippen LogP contribution in [0.1, 0.15) is 25.7 Å². The Morgan fingerprint density at radius 1 is 1.08 bits per heavy atom. The lowest BCUT2D eigenvalue weighted by atomic mass is 9.78. The third-order valence-electron chi connectivity index (χ3n) is 5.09. The summed E-state index contributed by atoms with van der Waals surface area (Å²) in [4.78, 5) is 25.8. The van der Waals surface area contributed by atoms with Gasteiger partial charge in [-0.25, -0.2) is 8.42 Å². The van der Waals surface area contributed by atoms with Crippen molar-refractivity contribution >= 4 is 44.8 Å². The highest BCUT2D eigenvalue weighted by atomic mass is 35.5. The third kappa shape index (κ3) is 3.90. The van der Waals surface area contributed by atoms with Gasteiger partial charge in [0.2, 0.25) is 5.91 Å². The third-order valence-corrected chi connectivity index (χ3v) is 8.69. The molecule has 2 heterocycles. The van der Waals surface area contributed by atoms with Crippen LogP contribution in [0.25, 0.3) is 0 Å². The van der Waals surface area contributed by atoms with Gasteiger partial charge in [0.1, 0.15) is 4.21 Å². The standard InChI is InChI=1S/C16H21ClN2O5S2/c17-13-5-6-14(25-13)26(23,24)19-9-7-18(8-10-19)15(20)11-3-1-2-4-12(11)16(21)22/h5-6,11-12H,1-4,7-10H2,(H,21,22)/t11-,12-/m0/s1. The number of carbonyl (C=O) groups excluding carboxylic acids is 1. The molecule has 1 amide bonds. The Kier molecular flexibility index (Phi) is 5.91. The van der Waals surface area contributed by atoms with Crippen LogP contribution in [0, 0.1) is 11.8 Å². The minimum Gasteiger partial charge on any atom is -0.481 e. The van der Waals surface area contributed by atoms with Crippen molar-refractivity contribution in [2.75, 3.05) is 26.2 Å². The number of aliphatic carboxylic acids is 1. The van der Waals surface area contributed by atoms with Gasteiger partial charge >= 0.3 is 5.97 Å². The second-order valence-corrected chi connectivity index (χ2v) is 10.5. The van der Waals surface area contributed by atoms with Crippen LogP contribution in [0.3, 0.4) is 0 Å². The number of piperazine rings is 1. The van der Waals surface area contributed by atoms with E-state index in [1.165, 1.54) is 10.4 Å². The fourth-order valence-electron chi connectivity index (χ4n) is 3.67. The lowest BCUT2D eigenvalue weighted by Crippen LogP contribution is -2.53. The van der Waals surface area contributed by atoms with Gasteiger partial charge in [0.25, 0.3) is 10.0 Å². The quantitative estimate of drug-likeness (QED) is 0.805. The number of carbonyl (C=O) groups is 2. The van der Waals surface area contributed by atoms with Crippen LogP contribution in [0.15, 0.2) is 16.3 Å². The van der Waals surface area contributed by atoms with E-state index >= 15 is 0 Å². The number of nitrogens with zero attached hydrogens (tertiary/aromatic N) is 2. The molecule has 26 heavy (non-hydrogen) atoms. The molecule has 1 saturated carbocycles. The number of thiophene rings is 1. The lowest BCUT2D eigenvalue weighted by molar-refractivity contribution is -0.152. The van der Waals surface area contributed by atoms with Gasteiger partial charge in [-0.3, -0.25) is 9.59 Å². The van der Waals surface area contributed by atoms with Gasteiger partial charge in [-0.1, -0.05) is 24.4 Å². The van der Waals surface area contributed by atoms with Gasteiger partial charge in [-0.2, -0.15) is 4.31 Å². The predicted molar refractivity (Wildman–Crippen MR) is 97.8 cm³/mol. The Balaban J connectivity index is 1.64. The van der Waals surface area contributed by atoms with E-state index in [9.17, 15) is 23.1 Å². The first-order valence-electron chi connectivity index (χ1n) is 8.58. The van der Waals surface area contributed by atoms with Crippen LogP contribution in [0.5, 0.6) is 0 Å². The average molecular weight is 421 g/mol. The van der Waals surface area contributed by atoms with E-state index in [2.05, 4.69) is 0 Å². The van der Waals surface area contributed by atoms with E-state index in [1.807, 2.05) is 0 Å². The summed E-state index contributed by atoms with van der Waals surface area (Å²) in [5.41, 5.74) is 0. The van der Waals surface area contributed by atoms with Crippen LogP contribution in [0.2, 0.25) is 4.34 Å². The van der Waals surface area contributed by atoms with Gasteiger partial charge in [0.05, 0.1) is 16.2 Å². The largest absolute Gasteiger partial charge is 0.481 e. The number of carboxylic acids is 1. The van der Waals surface area contributed by atoms with E-state index in [-0.39, 0.29) is 36.3 Å². The van der Waals surface area contributed by atoms with E-state index in [4.69, 9.17) is 11.6 Å². The molecule has 1 aromatic rings. The number of hydrogen-bond acceptors (Lipinski definition) is 5. The molecule has 0 radical (unpaired) electrons. The molecule has 1 aromatic heterocycles. The first-order valence-corrected chi connectivity index (χ1v) is 11.2. The summed E-state index contributed by atoms with van der Waals surface area (Å²) in [6.07, 6.45) is 2.80. The van der Waals surface area contributed by atoms with E-state index < -0.39 is 27.8 Å². The first-order chi connectivity index (χ1) is 12.3. The Hall–Kier alpha value is -1.16. The number of rotatable bonds is 4. The Bertz CT molecular complexity index is 786. The molecule has 1 aliphatic heterocycles. The second-order valence-electron chi connectivity index (χ2n) is 6.62. The van der Waals surface area contributed by atoms with Gasteiger partial charge < -0.3 is 10.0 Å². The van der Waals surface area contributed by atoms with Gasteiger partial charge in [0, 0.05) is 26.2 Å². The fourth-order valence-corrected chi connectivity index (χ4v) is 6.73. The van der Waals surface area contributed by atoms with Crippen LogP contribution >= 0.6 is 22.9 Å². The van der Waals surface area contributed by atoms with Crippen molar-refractivity contribution < 1.29 is 23.1 Å². The molecule has 0 bridgehead atoms. The summed E-state index contributed by atoms with van der Waals surface area (Å²) in [5.74, 6) is -2.21. The molecule has 1 aliphatic carbocycles. The molecular formula is C16H21ClN2O5S2. The molecule has 1 N–H and O–H groups in total. The number of hydrogen-bond donors (Lipinski definition) is 1. The molecule has 3 rings (SSSR count). The van der Waals surface area contributed by atoms with Crippen LogP contribution < -0.4 is 0 Å². The average Bonchev–Trinajstić information content (AvgIpc) is 3.08. The summed E-state index contributed by atoms with van der Waals surface area (Å²) in [6.45, 7) is 0.960. The molecule has 0 unspecified atom stereocenters. The maximum atomic E-state index is 12.8. The molecule has 2 atom stereocenters. The summed E-state index contributed by atoms with van der Waals surface area (Å²) >= 11 is 6.84. The Morgan fingerprint density at radius 3 is 2.23 bits per heavy atom. The second kappa shape index (κ2) is 7.84. The van der Waals surface area contributed by atoms with Crippen LogP contribution in [-0.2, 0) is 19.6 Å². The van der Waals surface area contributed by atoms with Gasteiger partial charge in [-0.15, -0.1) is 11.3 Å². The zero-order chi connectivity index (χ0) is 18.9. The normalized spacial score (nSPS) is 25.2. The smallest absolute Gasteiger partial charge is 0.307 e.